The second-order valence-electron chi connectivity index (χ2n) is 6.27. The van der Waals surface area contributed by atoms with Crippen molar-refractivity contribution in [2.45, 2.75) is 13.0 Å². The van der Waals surface area contributed by atoms with Crippen LogP contribution in [-0.2, 0) is 14.8 Å². The fourth-order valence-corrected chi connectivity index (χ4v) is 3.74. The number of rotatable bonds is 4. The van der Waals surface area contributed by atoms with Crippen LogP contribution in [0.2, 0.25) is 0 Å². The van der Waals surface area contributed by atoms with Gasteiger partial charge in [-0.05, 0) is 36.8 Å². The summed E-state index contributed by atoms with van der Waals surface area (Å²) in [4.78, 5) is 24.2. The molecule has 0 spiro atoms. The summed E-state index contributed by atoms with van der Waals surface area (Å²) < 4.78 is 31.3. The van der Waals surface area contributed by atoms with Crippen LogP contribution in [0, 0.1) is 6.92 Å². The van der Waals surface area contributed by atoms with E-state index in [9.17, 15) is 18.0 Å². The van der Waals surface area contributed by atoms with Gasteiger partial charge in [0, 0.05) is 0 Å². The molecule has 3 rings (SSSR count). The smallest absolute Gasteiger partial charge is 0.267 e. The molecule has 2 aromatic rings. The summed E-state index contributed by atoms with van der Waals surface area (Å²) in [5.41, 5.74) is 6.96. The molecular formula is C18H19N3O5S. The Kier molecular flexibility index (Phi) is 4.79. The van der Waals surface area contributed by atoms with E-state index >= 15 is 0 Å². The lowest BCUT2D eigenvalue weighted by Crippen LogP contribution is -2.48. The number of carbonyl (C=O) groups excluding carboxylic acids is 2. The summed E-state index contributed by atoms with van der Waals surface area (Å²) >= 11 is 0. The zero-order valence-electron chi connectivity index (χ0n) is 14.8. The Balaban J connectivity index is 1.91. The van der Waals surface area contributed by atoms with Crippen LogP contribution >= 0.6 is 0 Å². The monoisotopic (exact) mass is 389 g/mol. The number of benzene rings is 2. The average molecular weight is 389 g/mol. The van der Waals surface area contributed by atoms with Gasteiger partial charge in [-0.15, -0.1) is 0 Å². The van der Waals surface area contributed by atoms with Crippen molar-refractivity contribution < 1.29 is 22.7 Å². The minimum atomic E-state index is -3.62. The summed E-state index contributed by atoms with van der Waals surface area (Å²) in [5.74, 6) is -0.974. The van der Waals surface area contributed by atoms with Crippen LogP contribution in [0.25, 0.3) is 0 Å². The molecule has 0 bridgehead atoms. The van der Waals surface area contributed by atoms with Gasteiger partial charge in [0.15, 0.2) is 6.10 Å². The first kappa shape index (κ1) is 18.7. The third-order valence-electron chi connectivity index (χ3n) is 4.13. The van der Waals surface area contributed by atoms with Gasteiger partial charge in [-0.2, -0.15) is 0 Å². The van der Waals surface area contributed by atoms with Crippen molar-refractivity contribution >= 4 is 33.2 Å². The van der Waals surface area contributed by atoms with Gasteiger partial charge in [0.1, 0.15) is 5.75 Å². The number of fused-ring (bicyclic) bond motifs is 1. The molecule has 0 radical (unpaired) electrons. The van der Waals surface area contributed by atoms with Crippen molar-refractivity contribution in [3.8, 4) is 5.75 Å². The van der Waals surface area contributed by atoms with Gasteiger partial charge in [-0.25, -0.2) is 8.42 Å². The molecule has 1 aliphatic heterocycles. The topological polar surface area (TPSA) is 119 Å². The molecule has 142 valence electrons. The number of para-hydroxylation sites is 1. The van der Waals surface area contributed by atoms with E-state index in [-0.39, 0.29) is 17.8 Å². The Hall–Kier alpha value is -3.07. The van der Waals surface area contributed by atoms with Crippen molar-refractivity contribution in [1.82, 2.24) is 0 Å². The maximum absolute atomic E-state index is 12.7. The number of primary amides is 1. The van der Waals surface area contributed by atoms with E-state index in [0.717, 1.165) is 16.1 Å². The van der Waals surface area contributed by atoms with Gasteiger partial charge < -0.3 is 15.8 Å². The number of hydrogen-bond acceptors (Lipinski definition) is 5. The van der Waals surface area contributed by atoms with Gasteiger partial charge in [-0.1, -0.05) is 18.2 Å². The van der Waals surface area contributed by atoms with Crippen molar-refractivity contribution in [3.63, 3.8) is 0 Å². The number of sulfonamides is 1. The molecule has 27 heavy (non-hydrogen) atoms. The molecule has 8 nitrogen and oxygen atoms in total. The van der Waals surface area contributed by atoms with Crippen molar-refractivity contribution in [1.29, 1.82) is 0 Å². The van der Waals surface area contributed by atoms with Crippen LogP contribution in [0.3, 0.4) is 0 Å². The lowest BCUT2D eigenvalue weighted by atomic mass is 10.1. The fourth-order valence-electron chi connectivity index (χ4n) is 2.83. The van der Waals surface area contributed by atoms with Gasteiger partial charge >= 0.3 is 0 Å². The third-order valence-corrected chi connectivity index (χ3v) is 5.27. The van der Waals surface area contributed by atoms with Gasteiger partial charge in [0.2, 0.25) is 10.0 Å². The van der Waals surface area contributed by atoms with E-state index < -0.39 is 27.9 Å². The predicted octanol–water partition coefficient (Wildman–Crippen LogP) is 1.26. The number of hydrogen-bond donors (Lipinski definition) is 2. The van der Waals surface area contributed by atoms with E-state index in [1.54, 1.807) is 30.3 Å². The van der Waals surface area contributed by atoms with Gasteiger partial charge in [0.25, 0.3) is 11.8 Å². The number of nitrogens with two attached hydrogens (primary N) is 1. The SMILES string of the molecule is Cc1ccc2c(c1)N(S(C)(=O)=O)C[C@H](C(=O)Nc1ccccc1C(N)=O)O2. The number of nitrogens with one attached hydrogen (secondary N) is 1. The molecule has 9 heteroatoms. The molecule has 2 aromatic carbocycles. The van der Waals surface area contributed by atoms with Crippen molar-refractivity contribution in [3.05, 3.63) is 53.6 Å². The molecule has 0 unspecified atom stereocenters. The Bertz CT molecular complexity index is 1020. The van der Waals surface area contributed by atoms with E-state index in [1.807, 2.05) is 6.92 Å². The van der Waals surface area contributed by atoms with Crippen LogP contribution in [-0.4, -0.2) is 39.1 Å². The van der Waals surface area contributed by atoms with Crippen molar-refractivity contribution in [2.75, 3.05) is 22.4 Å². The molecule has 1 heterocycles. The lowest BCUT2D eigenvalue weighted by molar-refractivity contribution is -0.122. The highest BCUT2D eigenvalue weighted by Gasteiger charge is 2.35. The molecule has 2 amide bonds. The highest BCUT2D eigenvalue weighted by atomic mass is 32.2. The third kappa shape index (κ3) is 3.87. The van der Waals surface area contributed by atoms with E-state index in [0.29, 0.717) is 11.4 Å². The number of ether oxygens (including phenoxy) is 1. The largest absolute Gasteiger partial charge is 0.476 e. The maximum atomic E-state index is 12.7. The first-order chi connectivity index (χ1) is 12.7. The second kappa shape index (κ2) is 6.92. The highest BCUT2D eigenvalue weighted by Crippen LogP contribution is 2.36. The normalized spacial score (nSPS) is 16.2. The quantitative estimate of drug-likeness (QED) is 0.816. The Morgan fingerprint density at radius 3 is 2.59 bits per heavy atom. The standard InChI is InChI=1S/C18H19N3O5S/c1-11-7-8-15-14(9-11)21(27(2,24)25)10-16(26-15)18(23)20-13-6-4-3-5-12(13)17(19)22/h3-9,16H,10H2,1-2H3,(H2,19,22)(H,20,23)/t16-/m1/s1. The van der Waals surface area contributed by atoms with Gasteiger partial charge in [-0.3, -0.25) is 13.9 Å². The molecule has 0 aliphatic carbocycles. The fraction of sp³-hybridized carbons (Fsp3) is 0.222. The van der Waals surface area contributed by atoms with E-state index in [2.05, 4.69) is 5.32 Å². The molecule has 0 aromatic heterocycles. The minimum absolute atomic E-state index is 0.151. The summed E-state index contributed by atoms with van der Waals surface area (Å²) in [6.07, 6.45) is -0.0159. The van der Waals surface area contributed by atoms with E-state index in [1.165, 1.54) is 12.1 Å². The van der Waals surface area contributed by atoms with Crippen LogP contribution in [0.1, 0.15) is 15.9 Å². The lowest BCUT2D eigenvalue weighted by Gasteiger charge is -2.34. The Labute approximate surface area is 157 Å². The predicted molar refractivity (Wildman–Crippen MR) is 101 cm³/mol. The summed E-state index contributed by atoms with van der Waals surface area (Å²) in [5, 5.41) is 2.59. The number of aryl methyl sites for hydroxylation is 1. The van der Waals surface area contributed by atoms with Crippen LogP contribution in [0.4, 0.5) is 11.4 Å². The Morgan fingerprint density at radius 1 is 1.22 bits per heavy atom. The molecule has 1 atom stereocenters. The molecule has 0 saturated carbocycles. The molecule has 0 saturated heterocycles. The highest BCUT2D eigenvalue weighted by molar-refractivity contribution is 7.92. The first-order valence-corrected chi connectivity index (χ1v) is 9.96. The number of carbonyl (C=O) groups is 2. The number of anilines is 2. The molecule has 3 N–H and O–H groups in total. The molecule has 0 fully saturated rings. The second-order valence-corrected chi connectivity index (χ2v) is 8.18. The summed E-state index contributed by atoms with van der Waals surface area (Å²) in [6.45, 7) is 1.65. The van der Waals surface area contributed by atoms with Crippen LogP contribution in [0.15, 0.2) is 42.5 Å². The Morgan fingerprint density at radius 2 is 1.93 bits per heavy atom. The molecule has 1 aliphatic rings. The zero-order valence-corrected chi connectivity index (χ0v) is 15.6. The van der Waals surface area contributed by atoms with E-state index in [4.69, 9.17) is 10.5 Å². The summed E-state index contributed by atoms with van der Waals surface area (Å²) in [7, 11) is -3.62. The maximum Gasteiger partial charge on any atom is 0.267 e. The number of amides is 2. The first-order valence-electron chi connectivity index (χ1n) is 8.11. The van der Waals surface area contributed by atoms with Crippen LogP contribution < -0.4 is 20.1 Å². The average Bonchev–Trinajstić information content (AvgIpc) is 2.60. The zero-order chi connectivity index (χ0) is 19.8. The van der Waals surface area contributed by atoms with Gasteiger partial charge in [0.05, 0.1) is 29.7 Å². The van der Waals surface area contributed by atoms with Crippen LogP contribution in [0.5, 0.6) is 5.75 Å². The minimum Gasteiger partial charge on any atom is -0.476 e. The number of nitrogens with zero attached hydrogens (tertiary/aromatic N) is 1. The van der Waals surface area contributed by atoms with Crippen molar-refractivity contribution in [2.24, 2.45) is 5.73 Å². The summed E-state index contributed by atoms with van der Waals surface area (Å²) in [6, 6.07) is 11.4. The molecular weight excluding hydrogens is 370 g/mol.